The highest BCUT2D eigenvalue weighted by molar-refractivity contribution is 6.07. The fourth-order valence-corrected chi connectivity index (χ4v) is 3.00. The van der Waals surface area contributed by atoms with Crippen LogP contribution in [0.5, 0.6) is 0 Å². The Kier molecular flexibility index (Phi) is 6.97. The molecule has 1 aromatic heterocycles. The number of esters is 1. The smallest absolute Gasteiger partial charge is 0.373 e. The minimum absolute atomic E-state index is 0.101. The quantitative estimate of drug-likeness (QED) is 0.253. The van der Waals surface area contributed by atoms with Gasteiger partial charge in [-0.25, -0.2) is 18.4 Å². The molecule has 170 valence electrons. The second-order valence-corrected chi connectivity index (χ2v) is 6.98. The number of halogens is 2. The molecular weight excluding hydrogens is 438 g/mol. The lowest BCUT2D eigenvalue weighted by molar-refractivity contribution is -0.139. The minimum atomic E-state index is -1.19. The summed E-state index contributed by atoms with van der Waals surface area (Å²) in [4.78, 5) is 50.0. The van der Waals surface area contributed by atoms with Gasteiger partial charge < -0.3 is 9.84 Å². The van der Waals surface area contributed by atoms with E-state index in [9.17, 15) is 33.1 Å². The summed E-state index contributed by atoms with van der Waals surface area (Å²) in [6.45, 7) is -0.370. The van der Waals surface area contributed by atoms with Gasteiger partial charge in [-0.3, -0.25) is 18.7 Å². The lowest BCUT2D eigenvalue weighted by Gasteiger charge is -2.13. The van der Waals surface area contributed by atoms with Crippen LogP contribution < -0.4 is 11.2 Å². The molecule has 0 saturated heterocycles. The molecule has 10 heteroatoms. The van der Waals surface area contributed by atoms with Crippen molar-refractivity contribution in [1.29, 1.82) is 0 Å². The number of hydrogen-bond acceptors (Lipinski definition) is 6. The Hall–Kier alpha value is -4.34. The van der Waals surface area contributed by atoms with Crippen molar-refractivity contribution in [2.24, 2.45) is 0 Å². The lowest BCUT2D eigenvalue weighted by Crippen LogP contribution is -2.42. The molecule has 0 spiro atoms. The van der Waals surface area contributed by atoms with Crippen LogP contribution in [0.15, 0.2) is 76.2 Å². The van der Waals surface area contributed by atoms with Crippen LogP contribution in [0.4, 0.5) is 8.78 Å². The molecule has 8 nitrogen and oxygen atoms in total. The third-order valence-electron chi connectivity index (χ3n) is 4.69. The van der Waals surface area contributed by atoms with Gasteiger partial charge in [-0.05, 0) is 35.4 Å². The molecule has 33 heavy (non-hydrogen) atoms. The summed E-state index contributed by atoms with van der Waals surface area (Å²) in [6.07, 6.45) is 1.51. The van der Waals surface area contributed by atoms with Crippen molar-refractivity contribution in [3.63, 3.8) is 0 Å². The normalized spacial score (nSPS) is 11.3. The standard InChI is InChI=1S/C23H18F2N2O6/c1-33-22(31)20(29)10-19(28)18-13-26(11-14-2-6-16(24)7-3-14)23(32)27(21(18)30)12-15-4-8-17(25)9-5-15/h2-10,13,29H,11-12H2,1H3/b20-10-. The maximum absolute atomic E-state index is 13.2. The number of aliphatic hydroxyl groups excluding tert-OH is 1. The molecule has 1 N–H and O–H groups in total. The first-order chi connectivity index (χ1) is 15.7. The van der Waals surface area contributed by atoms with Gasteiger partial charge in [-0.15, -0.1) is 0 Å². The van der Waals surface area contributed by atoms with E-state index in [1.807, 2.05) is 0 Å². The summed E-state index contributed by atoms with van der Waals surface area (Å²) in [7, 11) is 0.995. The Bertz CT molecular complexity index is 1340. The van der Waals surface area contributed by atoms with Crippen LogP contribution in [0.1, 0.15) is 21.5 Å². The number of carbonyl (C=O) groups is 2. The number of methoxy groups -OCH3 is 1. The van der Waals surface area contributed by atoms with E-state index in [0.717, 1.165) is 34.6 Å². The van der Waals surface area contributed by atoms with Crippen molar-refractivity contribution >= 4 is 11.8 Å². The Morgan fingerprint density at radius 1 is 0.939 bits per heavy atom. The molecule has 0 saturated carbocycles. The van der Waals surface area contributed by atoms with Crippen molar-refractivity contribution in [3.05, 3.63) is 116 Å². The molecule has 0 aliphatic carbocycles. The molecule has 1 heterocycles. The molecule has 0 unspecified atom stereocenters. The van der Waals surface area contributed by atoms with E-state index in [0.29, 0.717) is 17.2 Å². The molecule has 0 atom stereocenters. The summed E-state index contributed by atoms with van der Waals surface area (Å²) in [5, 5.41) is 9.67. The third-order valence-corrected chi connectivity index (χ3v) is 4.69. The van der Waals surface area contributed by atoms with E-state index in [1.54, 1.807) is 0 Å². The second kappa shape index (κ2) is 9.86. The van der Waals surface area contributed by atoms with Gasteiger partial charge in [0.05, 0.1) is 20.2 Å². The summed E-state index contributed by atoms with van der Waals surface area (Å²) in [6, 6.07) is 10.3. The highest BCUT2D eigenvalue weighted by Crippen LogP contribution is 2.07. The predicted molar refractivity (Wildman–Crippen MR) is 113 cm³/mol. The highest BCUT2D eigenvalue weighted by atomic mass is 19.1. The third kappa shape index (κ3) is 5.48. The van der Waals surface area contributed by atoms with Crippen LogP contribution in [0.25, 0.3) is 0 Å². The Morgan fingerprint density at radius 3 is 1.97 bits per heavy atom. The van der Waals surface area contributed by atoms with Crippen molar-refractivity contribution in [3.8, 4) is 0 Å². The highest BCUT2D eigenvalue weighted by Gasteiger charge is 2.19. The van der Waals surface area contributed by atoms with Crippen LogP contribution in [0, 0.1) is 11.6 Å². The summed E-state index contributed by atoms with van der Waals surface area (Å²) < 4.78 is 32.6. The maximum Gasteiger partial charge on any atom is 0.373 e. The zero-order chi connectivity index (χ0) is 24.1. The minimum Gasteiger partial charge on any atom is -0.502 e. The van der Waals surface area contributed by atoms with Crippen LogP contribution in [-0.2, 0) is 22.6 Å². The van der Waals surface area contributed by atoms with E-state index < -0.39 is 46.0 Å². The number of ether oxygens (including phenoxy) is 1. The topological polar surface area (TPSA) is 108 Å². The van der Waals surface area contributed by atoms with Crippen LogP contribution >= 0.6 is 0 Å². The van der Waals surface area contributed by atoms with Gasteiger partial charge in [0.15, 0.2) is 5.78 Å². The Balaban J connectivity index is 2.13. The molecule has 3 aromatic rings. The van der Waals surface area contributed by atoms with Crippen LogP contribution in [-0.4, -0.2) is 33.1 Å². The van der Waals surface area contributed by atoms with E-state index in [2.05, 4.69) is 4.74 Å². The molecule has 0 fully saturated rings. The molecule has 0 amide bonds. The van der Waals surface area contributed by atoms with Gasteiger partial charge in [0, 0.05) is 12.3 Å². The van der Waals surface area contributed by atoms with Crippen LogP contribution in [0.3, 0.4) is 0 Å². The Morgan fingerprint density at radius 2 is 1.45 bits per heavy atom. The van der Waals surface area contributed by atoms with Gasteiger partial charge >= 0.3 is 11.7 Å². The van der Waals surface area contributed by atoms with E-state index in [4.69, 9.17) is 0 Å². The number of rotatable bonds is 7. The zero-order valence-electron chi connectivity index (χ0n) is 17.3. The number of carbonyl (C=O) groups excluding carboxylic acids is 2. The summed E-state index contributed by atoms with van der Waals surface area (Å²) in [5.74, 6) is -4.24. The number of nitrogens with zero attached hydrogens (tertiary/aromatic N) is 2. The van der Waals surface area contributed by atoms with Crippen molar-refractivity contribution < 1.29 is 28.2 Å². The summed E-state index contributed by atoms with van der Waals surface area (Å²) >= 11 is 0. The molecule has 0 radical (unpaired) electrons. The molecule has 0 bridgehead atoms. The average Bonchev–Trinajstić information content (AvgIpc) is 2.80. The average molecular weight is 456 g/mol. The number of aromatic nitrogens is 2. The fraction of sp³-hybridized carbons (Fsp3) is 0.130. The second-order valence-electron chi connectivity index (χ2n) is 6.98. The number of hydrogen-bond donors (Lipinski definition) is 1. The predicted octanol–water partition coefficient (Wildman–Crippen LogP) is 2.18. The lowest BCUT2D eigenvalue weighted by atomic mass is 10.1. The zero-order valence-corrected chi connectivity index (χ0v) is 17.3. The van der Waals surface area contributed by atoms with Crippen molar-refractivity contribution in [1.82, 2.24) is 9.13 Å². The first kappa shape index (κ1) is 23.3. The van der Waals surface area contributed by atoms with Gasteiger partial charge in [0.1, 0.15) is 17.2 Å². The monoisotopic (exact) mass is 456 g/mol. The first-order valence-corrected chi connectivity index (χ1v) is 9.56. The number of allylic oxidation sites excluding steroid dienone is 1. The van der Waals surface area contributed by atoms with Gasteiger partial charge in [-0.1, -0.05) is 24.3 Å². The van der Waals surface area contributed by atoms with Crippen LogP contribution in [0.2, 0.25) is 0 Å². The van der Waals surface area contributed by atoms with E-state index >= 15 is 0 Å². The molecule has 0 aliphatic rings. The molecule has 0 aliphatic heterocycles. The number of ketones is 1. The number of aliphatic hydroxyl groups is 1. The van der Waals surface area contributed by atoms with Crippen molar-refractivity contribution in [2.75, 3.05) is 7.11 Å². The largest absolute Gasteiger partial charge is 0.502 e. The van der Waals surface area contributed by atoms with Gasteiger partial charge in [-0.2, -0.15) is 0 Å². The van der Waals surface area contributed by atoms with E-state index in [-0.39, 0.29) is 13.1 Å². The van der Waals surface area contributed by atoms with E-state index in [1.165, 1.54) is 36.4 Å². The SMILES string of the molecule is COC(=O)/C(O)=C/C(=O)c1cn(Cc2ccc(F)cc2)c(=O)n(Cc2ccc(F)cc2)c1=O. The summed E-state index contributed by atoms with van der Waals surface area (Å²) in [5.41, 5.74) is -1.32. The Labute approximate surface area is 185 Å². The first-order valence-electron chi connectivity index (χ1n) is 9.56. The van der Waals surface area contributed by atoms with Crippen molar-refractivity contribution in [2.45, 2.75) is 13.1 Å². The molecular formula is C23H18F2N2O6. The molecule has 3 rings (SSSR count). The van der Waals surface area contributed by atoms with Gasteiger partial charge in [0.25, 0.3) is 5.56 Å². The fourth-order valence-electron chi connectivity index (χ4n) is 3.00. The maximum atomic E-state index is 13.2. The van der Waals surface area contributed by atoms with Gasteiger partial charge in [0.2, 0.25) is 5.76 Å². The molecule has 2 aromatic carbocycles. The number of benzene rings is 2.